The van der Waals surface area contributed by atoms with E-state index in [0.717, 1.165) is 11.1 Å². The lowest BCUT2D eigenvalue weighted by Crippen LogP contribution is -2.62. The molecule has 15 nitrogen and oxygen atoms in total. The lowest BCUT2D eigenvalue weighted by molar-refractivity contribution is -0.158. The molecule has 0 aromatic heterocycles. The summed E-state index contributed by atoms with van der Waals surface area (Å²) in [5, 5.41) is 8.33. The van der Waals surface area contributed by atoms with Crippen molar-refractivity contribution in [2.45, 2.75) is 101 Å². The summed E-state index contributed by atoms with van der Waals surface area (Å²) in [7, 11) is 0. The molecule has 2 aromatic rings. The van der Waals surface area contributed by atoms with Crippen LogP contribution in [0.15, 0.2) is 60.7 Å². The SMILES string of the molecule is C[C@@H]1C[C@H]2C(=O)OC[C@H](NC(=O)[C@H](Cc3ccccc3)NC(=O)Cc3ccccc3)C(=O)N3CC(N)C[C@H]3C(=O)N3CCCC[C@H]3C(=O)N[C@@H](C)C(=O)N2C1. The van der Waals surface area contributed by atoms with Gasteiger partial charge in [-0.2, -0.15) is 0 Å². The summed E-state index contributed by atoms with van der Waals surface area (Å²) >= 11 is 0. The molecule has 2 aromatic carbocycles. The Kier molecular flexibility index (Phi) is 12.5. The monoisotopic (exact) mass is 757 g/mol. The van der Waals surface area contributed by atoms with Crippen LogP contribution in [0.3, 0.4) is 0 Å². The number of rotatable bonds is 7. The first kappa shape index (κ1) is 39.4. The third-order valence-electron chi connectivity index (χ3n) is 10.9. The minimum atomic E-state index is -1.48. The number of carbonyl (C=O) groups is 7. The van der Waals surface area contributed by atoms with Crippen LogP contribution in [0.4, 0.5) is 0 Å². The van der Waals surface area contributed by atoms with Gasteiger partial charge < -0.3 is 41.1 Å². The van der Waals surface area contributed by atoms with E-state index in [9.17, 15) is 33.6 Å². The van der Waals surface area contributed by atoms with E-state index in [4.69, 9.17) is 10.5 Å². The van der Waals surface area contributed by atoms with Crippen molar-refractivity contribution in [2.75, 3.05) is 26.2 Å². The van der Waals surface area contributed by atoms with Crippen molar-refractivity contribution < 1.29 is 38.3 Å². The van der Waals surface area contributed by atoms with Crippen LogP contribution in [0.5, 0.6) is 0 Å². The molecule has 6 rings (SSSR count). The highest BCUT2D eigenvalue weighted by molar-refractivity contribution is 5.98. The van der Waals surface area contributed by atoms with Crippen molar-refractivity contribution in [3.63, 3.8) is 0 Å². The number of ether oxygens (including phenoxy) is 1. The number of piperidine rings is 1. The average Bonchev–Trinajstić information content (AvgIpc) is 3.77. The predicted octanol–water partition coefficient (Wildman–Crippen LogP) is 0.0492. The fourth-order valence-electron chi connectivity index (χ4n) is 8.13. The Labute approximate surface area is 320 Å². The second-order valence-electron chi connectivity index (χ2n) is 15.3. The summed E-state index contributed by atoms with van der Waals surface area (Å²) in [6, 6.07) is 11.1. The van der Waals surface area contributed by atoms with Gasteiger partial charge in [0, 0.05) is 32.1 Å². The first-order valence-corrected chi connectivity index (χ1v) is 19.2. The molecule has 8 atom stereocenters. The van der Waals surface area contributed by atoms with E-state index in [1.807, 2.05) is 55.5 Å². The summed E-state index contributed by atoms with van der Waals surface area (Å²) in [4.78, 5) is 102. The van der Waals surface area contributed by atoms with E-state index >= 15 is 0 Å². The molecule has 6 amide bonds. The largest absolute Gasteiger partial charge is 0.461 e. The molecule has 4 aliphatic rings. The number of fused-ring (bicyclic) bond motifs is 3. The minimum absolute atomic E-state index is 0.0119. The van der Waals surface area contributed by atoms with Crippen LogP contribution in [0.25, 0.3) is 0 Å². The number of nitrogens with one attached hydrogen (secondary N) is 3. The molecular formula is C40H51N7O8. The number of carbonyl (C=O) groups excluding carboxylic acids is 7. The van der Waals surface area contributed by atoms with Crippen molar-refractivity contribution in [1.29, 1.82) is 0 Å². The first-order valence-electron chi connectivity index (χ1n) is 19.2. The van der Waals surface area contributed by atoms with Gasteiger partial charge in [0.25, 0.3) is 0 Å². The first-order chi connectivity index (χ1) is 26.4. The number of nitrogens with zero attached hydrogens (tertiary/aromatic N) is 3. The Hall–Kier alpha value is -5.31. The minimum Gasteiger partial charge on any atom is -0.461 e. The molecule has 15 heteroatoms. The molecule has 55 heavy (non-hydrogen) atoms. The van der Waals surface area contributed by atoms with Crippen LogP contribution in [0, 0.1) is 5.92 Å². The number of hydrogen-bond donors (Lipinski definition) is 4. The number of nitrogens with two attached hydrogens (primary N) is 1. The van der Waals surface area contributed by atoms with Crippen LogP contribution < -0.4 is 21.7 Å². The van der Waals surface area contributed by atoms with Crippen LogP contribution >= 0.6 is 0 Å². The van der Waals surface area contributed by atoms with Gasteiger partial charge in [-0.25, -0.2) is 4.79 Å². The molecule has 4 heterocycles. The van der Waals surface area contributed by atoms with Gasteiger partial charge in [0.05, 0.1) is 6.42 Å². The Balaban J connectivity index is 1.31. The molecule has 294 valence electrons. The van der Waals surface area contributed by atoms with Gasteiger partial charge in [0.2, 0.25) is 35.4 Å². The fraction of sp³-hybridized carbons (Fsp3) is 0.525. The molecule has 4 saturated heterocycles. The van der Waals surface area contributed by atoms with E-state index in [2.05, 4.69) is 16.0 Å². The third kappa shape index (κ3) is 9.32. The molecule has 0 aliphatic carbocycles. The molecule has 0 bridgehead atoms. The standard InChI is InChI=1S/C40H51N7O8/c1-24-17-33-40(54)55-23-30(44-35(49)29(18-26-11-5-3-6-12-26)43-34(48)19-27-13-7-4-8-14-27)38(52)47-22-28(41)20-32(47)39(53)45-16-10-9-15-31(45)36(50)42-25(2)37(51)46(33)21-24/h3-8,11-14,24-25,28-33H,9-10,15-23,41H2,1-2H3,(H,42,50)(H,43,48)(H,44,49)/t24-,25+,28?,29+,30+,31+,32+,33+/m1/s1. The highest BCUT2D eigenvalue weighted by Crippen LogP contribution is 2.28. The summed E-state index contributed by atoms with van der Waals surface area (Å²) in [6.07, 6.45) is 2.24. The molecular weight excluding hydrogens is 706 g/mol. The van der Waals surface area contributed by atoms with Gasteiger partial charge in [-0.05, 0) is 56.1 Å². The van der Waals surface area contributed by atoms with Gasteiger partial charge in [-0.3, -0.25) is 28.8 Å². The highest BCUT2D eigenvalue weighted by Gasteiger charge is 2.47. The maximum Gasteiger partial charge on any atom is 0.328 e. The van der Waals surface area contributed by atoms with Crippen molar-refractivity contribution >= 4 is 41.4 Å². The third-order valence-corrected chi connectivity index (χ3v) is 10.9. The smallest absolute Gasteiger partial charge is 0.328 e. The molecule has 4 aliphatic heterocycles. The molecule has 1 unspecified atom stereocenters. The lowest BCUT2D eigenvalue weighted by atomic mass is 9.99. The normalized spacial score (nSPS) is 28.4. The van der Waals surface area contributed by atoms with Crippen LogP contribution in [-0.4, -0.2) is 125 Å². The van der Waals surface area contributed by atoms with Crippen LogP contribution in [0.1, 0.15) is 57.1 Å². The van der Waals surface area contributed by atoms with E-state index in [0.29, 0.717) is 25.7 Å². The second kappa shape index (κ2) is 17.4. The zero-order valence-corrected chi connectivity index (χ0v) is 31.4. The average molecular weight is 758 g/mol. The molecule has 5 N–H and O–H groups in total. The predicted molar refractivity (Wildman–Crippen MR) is 199 cm³/mol. The van der Waals surface area contributed by atoms with Gasteiger partial charge >= 0.3 is 5.97 Å². The van der Waals surface area contributed by atoms with E-state index in [-0.39, 0.29) is 44.8 Å². The zero-order valence-electron chi connectivity index (χ0n) is 31.4. The van der Waals surface area contributed by atoms with Crippen LogP contribution in [-0.2, 0) is 51.1 Å². The van der Waals surface area contributed by atoms with Crippen molar-refractivity contribution in [2.24, 2.45) is 11.7 Å². The summed E-state index contributed by atoms with van der Waals surface area (Å²) in [5.41, 5.74) is 7.87. The number of cyclic esters (lactones) is 1. The Morgan fingerprint density at radius 2 is 1.49 bits per heavy atom. The Morgan fingerprint density at radius 3 is 2.20 bits per heavy atom. The topological polar surface area (TPSA) is 201 Å². The van der Waals surface area contributed by atoms with Gasteiger partial charge in [0.1, 0.15) is 42.9 Å². The molecule has 4 fully saturated rings. The maximum atomic E-state index is 14.6. The van der Waals surface area contributed by atoms with Gasteiger partial charge in [-0.1, -0.05) is 67.6 Å². The maximum absolute atomic E-state index is 14.6. The van der Waals surface area contributed by atoms with Gasteiger partial charge in [-0.15, -0.1) is 0 Å². The molecule has 0 saturated carbocycles. The molecule has 0 spiro atoms. The zero-order chi connectivity index (χ0) is 39.2. The number of benzene rings is 2. The number of esters is 1. The van der Waals surface area contributed by atoms with Crippen molar-refractivity contribution in [3.8, 4) is 0 Å². The highest BCUT2D eigenvalue weighted by atomic mass is 16.5. The van der Waals surface area contributed by atoms with E-state index in [1.165, 1.54) is 14.7 Å². The Morgan fingerprint density at radius 1 is 0.818 bits per heavy atom. The summed E-state index contributed by atoms with van der Waals surface area (Å²) in [6.45, 7) is 3.37. The second-order valence-corrected chi connectivity index (χ2v) is 15.3. The lowest BCUT2D eigenvalue weighted by Gasteiger charge is -2.39. The number of amides is 6. The fourth-order valence-corrected chi connectivity index (χ4v) is 8.13. The van der Waals surface area contributed by atoms with E-state index < -0.39 is 90.3 Å². The van der Waals surface area contributed by atoms with Crippen LogP contribution in [0.2, 0.25) is 0 Å². The summed E-state index contributed by atoms with van der Waals surface area (Å²) < 4.78 is 5.74. The van der Waals surface area contributed by atoms with E-state index in [1.54, 1.807) is 19.1 Å². The van der Waals surface area contributed by atoms with Gasteiger partial charge in [0.15, 0.2) is 0 Å². The van der Waals surface area contributed by atoms with Crippen molar-refractivity contribution in [3.05, 3.63) is 71.8 Å². The Bertz CT molecular complexity index is 1760. The van der Waals surface area contributed by atoms with Crippen molar-refractivity contribution in [1.82, 2.24) is 30.7 Å². The quantitative estimate of drug-likeness (QED) is 0.282. The molecule has 0 radical (unpaired) electrons. The summed E-state index contributed by atoms with van der Waals surface area (Å²) in [5.74, 6) is -4.06. The number of hydrogen-bond acceptors (Lipinski definition) is 9.